The van der Waals surface area contributed by atoms with Gasteiger partial charge in [0.05, 0.1) is 12.7 Å². The zero-order valence-electron chi connectivity index (χ0n) is 7.57. The van der Waals surface area contributed by atoms with Crippen LogP contribution < -0.4 is 0 Å². The monoisotopic (exact) mass is 164 g/mol. The maximum Gasteiger partial charge on any atom is 0.0704 e. The lowest BCUT2D eigenvalue weighted by Crippen LogP contribution is -2.25. The van der Waals surface area contributed by atoms with Crippen LogP contribution in [0.4, 0.5) is 0 Å². The van der Waals surface area contributed by atoms with Crippen molar-refractivity contribution >= 4 is 0 Å². The average molecular weight is 164 g/mol. The summed E-state index contributed by atoms with van der Waals surface area (Å²) in [5, 5.41) is 0. The third kappa shape index (κ3) is 1.34. The molecule has 0 spiro atoms. The highest BCUT2D eigenvalue weighted by atomic mass is 16.5. The molecular formula is C11H16O. The van der Waals surface area contributed by atoms with E-state index in [1.807, 2.05) is 0 Å². The second-order valence-electron chi connectivity index (χ2n) is 3.66. The summed E-state index contributed by atoms with van der Waals surface area (Å²) < 4.78 is 5.73. The van der Waals surface area contributed by atoms with Crippen molar-refractivity contribution in [3.05, 3.63) is 24.3 Å². The lowest BCUT2D eigenvalue weighted by atomic mass is 9.98. The van der Waals surface area contributed by atoms with Gasteiger partial charge in [-0.1, -0.05) is 24.3 Å². The minimum atomic E-state index is 0.478. The molecule has 2 rings (SSSR count). The molecule has 1 nitrogen and oxygen atoms in total. The van der Waals surface area contributed by atoms with Crippen LogP contribution in [0.15, 0.2) is 24.3 Å². The summed E-state index contributed by atoms with van der Waals surface area (Å²) in [6.45, 7) is 2.90. The van der Waals surface area contributed by atoms with Crippen LogP contribution in [0.3, 0.4) is 0 Å². The zero-order chi connectivity index (χ0) is 8.39. The van der Waals surface area contributed by atoms with Crippen LogP contribution in [-0.4, -0.2) is 12.7 Å². The summed E-state index contributed by atoms with van der Waals surface area (Å²) >= 11 is 0. The number of allylic oxidation sites excluding steroid dienone is 1. The molecule has 1 aliphatic heterocycles. The van der Waals surface area contributed by atoms with Gasteiger partial charge in [-0.25, -0.2) is 0 Å². The molecule has 0 aromatic rings. The van der Waals surface area contributed by atoms with Gasteiger partial charge in [-0.15, -0.1) is 0 Å². The summed E-state index contributed by atoms with van der Waals surface area (Å²) in [5.41, 5.74) is 0. The third-order valence-electron chi connectivity index (χ3n) is 2.89. The van der Waals surface area contributed by atoms with E-state index in [1.165, 1.54) is 12.8 Å². The Labute approximate surface area is 74.1 Å². The average Bonchev–Trinajstić information content (AvgIpc) is 2.50. The molecule has 3 atom stereocenters. The van der Waals surface area contributed by atoms with E-state index in [0.29, 0.717) is 17.9 Å². The van der Waals surface area contributed by atoms with E-state index in [9.17, 15) is 0 Å². The molecule has 1 aliphatic carbocycles. The van der Waals surface area contributed by atoms with Gasteiger partial charge in [-0.2, -0.15) is 0 Å². The molecule has 0 bridgehead atoms. The highest BCUT2D eigenvalue weighted by Gasteiger charge is 2.34. The first kappa shape index (κ1) is 8.06. The lowest BCUT2D eigenvalue weighted by molar-refractivity contribution is 0.0304. The van der Waals surface area contributed by atoms with Crippen LogP contribution in [0.1, 0.15) is 19.8 Å². The van der Waals surface area contributed by atoms with E-state index in [2.05, 4.69) is 31.2 Å². The normalized spacial score (nSPS) is 40.6. The van der Waals surface area contributed by atoms with E-state index in [0.717, 1.165) is 6.61 Å². The van der Waals surface area contributed by atoms with Crippen LogP contribution in [0.25, 0.3) is 0 Å². The molecule has 1 saturated carbocycles. The van der Waals surface area contributed by atoms with Gasteiger partial charge in [-0.3, -0.25) is 0 Å². The quantitative estimate of drug-likeness (QED) is 0.541. The number of fused-ring (bicyclic) bond motifs is 1. The van der Waals surface area contributed by atoms with Gasteiger partial charge < -0.3 is 4.74 Å². The Hall–Kier alpha value is -0.560. The standard InChI is InChI=1S/C11H16O/c1-2-4-9-6-7-10-5-3-8-12-11(9)10/h2-5,9-11H,6-8H2,1H3/b4-2+. The predicted octanol–water partition coefficient (Wildman–Crippen LogP) is 2.54. The molecule has 0 radical (unpaired) electrons. The predicted molar refractivity (Wildman–Crippen MR) is 49.9 cm³/mol. The molecule has 0 amide bonds. The largest absolute Gasteiger partial charge is 0.373 e. The van der Waals surface area contributed by atoms with E-state index in [4.69, 9.17) is 4.74 Å². The van der Waals surface area contributed by atoms with Crippen LogP contribution in [0.2, 0.25) is 0 Å². The maximum absolute atomic E-state index is 5.73. The second kappa shape index (κ2) is 3.44. The summed E-state index contributed by atoms with van der Waals surface area (Å²) in [7, 11) is 0. The van der Waals surface area contributed by atoms with Crippen molar-refractivity contribution < 1.29 is 4.74 Å². The van der Waals surface area contributed by atoms with Crippen LogP contribution in [0.5, 0.6) is 0 Å². The first-order valence-electron chi connectivity index (χ1n) is 4.83. The number of hydrogen-bond donors (Lipinski definition) is 0. The Morgan fingerprint density at radius 3 is 3.17 bits per heavy atom. The smallest absolute Gasteiger partial charge is 0.0704 e. The molecule has 12 heavy (non-hydrogen) atoms. The fourth-order valence-electron chi connectivity index (χ4n) is 2.33. The summed E-state index contributed by atoms with van der Waals surface area (Å²) in [4.78, 5) is 0. The Morgan fingerprint density at radius 2 is 2.33 bits per heavy atom. The van der Waals surface area contributed by atoms with Crippen molar-refractivity contribution in [2.24, 2.45) is 11.8 Å². The van der Waals surface area contributed by atoms with Crippen LogP contribution in [-0.2, 0) is 4.74 Å². The molecule has 66 valence electrons. The molecular weight excluding hydrogens is 148 g/mol. The molecule has 1 heteroatoms. The van der Waals surface area contributed by atoms with Crippen molar-refractivity contribution in [1.29, 1.82) is 0 Å². The van der Waals surface area contributed by atoms with Crippen molar-refractivity contribution in [2.45, 2.75) is 25.9 Å². The molecule has 1 fully saturated rings. The molecule has 2 aliphatic rings. The SMILES string of the molecule is C/C=C/C1CCC2C=CCOC21. The van der Waals surface area contributed by atoms with E-state index in [-0.39, 0.29) is 0 Å². The van der Waals surface area contributed by atoms with Crippen LogP contribution in [0, 0.1) is 11.8 Å². The van der Waals surface area contributed by atoms with Gasteiger partial charge in [0.25, 0.3) is 0 Å². The van der Waals surface area contributed by atoms with E-state index < -0.39 is 0 Å². The Kier molecular flexibility index (Phi) is 2.31. The van der Waals surface area contributed by atoms with E-state index >= 15 is 0 Å². The van der Waals surface area contributed by atoms with Gasteiger partial charge in [0, 0.05) is 11.8 Å². The molecule has 0 aromatic heterocycles. The fourth-order valence-corrected chi connectivity index (χ4v) is 2.33. The van der Waals surface area contributed by atoms with Gasteiger partial charge in [-0.05, 0) is 19.8 Å². The lowest BCUT2D eigenvalue weighted by Gasteiger charge is -2.24. The van der Waals surface area contributed by atoms with Gasteiger partial charge in [0.15, 0.2) is 0 Å². The number of hydrogen-bond acceptors (Lipinski definition) is 1. The minimum absolute atomic E-state index is 0.478. The third-order valence-corrected chi connectivity index (χ3v) is 2.89. The molecule has 0 aromatic carbocycles. The Morgan fingerprint density at radius 1 is 1.42 bits per heavy atom. The molecule has 0 N–H and O–H groups in total. The fraction of sp³-hybridized carbons (Fsp3) is 0.636. The maximum atomic E-state index is 5.73. The van der Waals surface area contributed by atoms with Crippen molar-refractivity contribution in [3.8, 4) is 0 Å². The minimum Gasteiger partial charge on any atom is -0.373 e. The van der Waals surface area contributed by atoms with Gasteiger partial charge >= 0.3 is 0 Å². The van der Waals surface area contributed by atoms with Gasteiger partial charge in [0.1, 0.15) is 0 Å². The summed E-state index contributed by atoms with van der Waals surface area (Å²) in [5.74, 6) is 1.37. The first-order valence-corrected chi connectivity index (χ1v) is 4.83. The topological polar surface area (TPSA) is 9.23 Å². The first-order chi connectivity index (χ1) is 5.92. The van der Waals surface area contributed by atoms with Crippen molar-refractivity contribution in [2.75, 3.05) is 6.61 Å². The summed E-state index contributed by atoms with van der Waals surface area (Å²) in [6, 6.07) is 0. The van der Waals surface area contributed by atoms with Crippen molar-refractivity contribution in [3.63, 3.8) is 0 Å². The second-order valence-corrected chi connectivity index (χ2v) is 3.66. The molecule has 0 saturated heterocycles. The molecule has 1 heterocycles. The van der Waals surface area contributed by atoms with E-state index in [1.54, 1.807) is 0 Å². The number of rotatable bonds is 1. The van der Waals surface area contributed by atoms with Gasteiger partial charge in [0.2, 0.25) is 0 Å². The summed E-state index contributed by atoms with van der Waals surface area (Å²) in [6.07, 6.45) is 12.0. The zero-order valence-corrected chi connectivity index (χ0v) is 7.57. The number of ether oxygens (including phenoxy) is 1. The Bertz CT molecular complexity index is 205. The highest BCUT2D eigenvalue weighted by molar-refractivity contribution is 5.07. The van der Waals surface area contributed by atoms with Crippen molar-refractivity contribution in [1.82, 2.24) is 0 Å². The highest BCUT2D eigenvalue weighted by Crippen LogP contribution is 2.37. The van der Waals surface area contributed by atoms with Crippen LogP contribution >= 0.6 is 0 Å². The molecule has 3 unspecified atom stereocenters. The Balaban J connectivity index is 2.07.